The highest BCUT2D eigenvalue weighted by Crippen LogP contribution is 2.43. The van der Waals surface area contributed by atoms with E-state index in [-0.39, 0.29) is 5.66 Å². The van der Waals surface area contributed by atoms with Gasteiger partial charge < -0.3 is 5.32 Å². The maximum Gasteiger partial charge on any atom is 0.0712 e. The zero-order chi connectivity index (χ0) is 14.0. The zero-order valence-corrected chi connectivity index (χ0v) is 13.5. The van der Waals surface area contributed by atoms with Crippen LogP contribution in [0.1, 0.15) is 46.5 Å². The Labute approximate surface area is 119 Å². The summed E-state index contributed by atoms with van der Waals surface area (Å²) >= 11 is 0. The maximum atomic E-state index is 3.99. The molecule has 2 saturated carbocycles. The first kappa shape index (κ1) is 15.3. The molecule has 0 radical (unpaired) electrons. The van der Waals surface area contributed by atoms with Gasteiger partial charge in [0.25, 0.3) is 0 Å². The van der Waals surface area contributed by atoms with E-state index >= 15 is 0 Å². The molecule has 2 rings (SSSR count). The van der Waals surface area contributed by atoms with Gasteiger partial charge >= 0.3 is 0 Å². The SMILES string of the molecule is CNCCN(C)C(C)(NC(C)C1CC1C)C1CCC1. The van der Waals surface area contributed by atoms with Crippen LogP contribution >= 0.6 is 0 Å². The molecule has 3 nitrogen and oxygen atoms in total. The molecule has 3 heteroatoms. The molecule has 2 fully saturated rings. The molecule has 19 heavy (non-hydrogen) atoms. The molecule has 4 unspecified atom stereocenters. The summed E-state index contributed by atoms with van der Waals surface area (Å²) in [5.74, 6) is 2.65. The third-order valence-electron chi connectivity index (χ3n) is 5.72. The fraction of sp³-hybridized carbons (Fsp3) is 1.00. The molecule has 2 aliphatic rings. The second-order valence-electron chi connectivity index (χ2n) is 7.11. The Balaban J connectivity index is 1.96. The van der Waals surface area contributed by atoms with Crippen LogP contribution < -0.4 is 10.6 Å². The molecule has 0 heterocycles. The molecule has 0 amide bonds. The van der Waals surface area contributed by atoms with Crippen molar-refractivity contribution in [3.8, 4) is 0 Å². The largest absolute Gasteiger partial charge is 0.318 e. The number of nitrogens with one attached hydrogen (secondary N) is 2. The van der Waals surface area contributed by atoms with Crippen LogP contribution in [0.5, 0.6) is 0 Å². The number of nitrogens with zero attached hydrogens (tertiary/aromatic N) is 1. The summed E-state index contributed by atoms with van der Waals surface area (Å²) in [5.41, 5.74) is 0.177. The van der Waals surface area contributed by atoms with E-state index in [0.717, 1.165) is 30.8 Å². The molecule has 0 aromatic heterocycles. The molecular formula is C16H33N3. The van der Waals surface area contributed by atoms with E-state index < -0.39 is 0 Å². The Morgan fingerprint density at radius 2 is 2.00 bits per heavy atom. The van der Waals surface area contributed by atoms with Crippen molar-refractivity contribution in [2.75, 3.05) is 27.2 Å². The molecule has 2 N–H and O–H groups in total. The number of rotatable bonds is 8. The summed E-state index contributed by atoms with van der Waals surface area (Å²) in [6, 6.07) is 0.651. The van der Waals surface area contributed by atoms with E-state index in [1.807, 2.05) is 7.05 Å². The number of hydrogen-bond acceptors (Lipinski definition) is 3. The van der Waals surface area contributed by atoms with Gasteiger partial charge in [0.15, 0.2) is 0 Å². The highest BCUT2D eigenvalue weighted by atomic mass is 15.3. The lowest BCUT2D eigenvalue weighted by atomic mass is 9.75. The van der Waals surface area contributed by atoms with Crippen molar-refractivity contribution in [1.29, 1.82) is 0 Å². The molecule has 2 aliphatic carbocycles. The predicted octanol–water partition coefficient (Wildman–Crippen LogP) is 2.29. The molecule has 0 bridgehead atoms. The fourth-order valence-electron chi connectivity index (χ4n) is 3.64. The minimum Gasteiger partial charge on any atom is -0.318 e. The second kappa shape index (κ2) is 6.11. The first-order valence-corrected chi connectivity index (χ1v) is 8.12. The third-order valence-corrected chi connectivity index (χ3v) is 5.72. The molecule has 0 spiro atoms. The van der Waals surface area contributed by atoms with Crippen LogP contribution in [-0.4, -0.2) is 43.8 Å². The van der Waals surface area contributed by atoms with Crippen molar-refractivity contribution in [2.45, 2.75) is 58.2 Å². The molecule has 0 aromatic rings. The van der Waals surface area contributed by atoms with Gasteiger partial charge in [0.05, 0.1) is 5.66 Å². The van der Waals surface area contributed by atoms with Gasteiger partial charge in [0, 0.05) is 19.1 Å². The monoisotopic (exact) mass is 267 g/mol. The fourth-order valence-corrected chi connectivity index (χ4v) is 3.64. The van der Waals surface area contributed by atoms with E-state index in [9.17, 15) is 0 Å². The number of likely N-dealkylation sites (N-methyl/N-ethyl adjacent to an activating group) is 2. The van der Waals surface area contributed by atoms with Gasteiger partial charge in [-0.3, -0.25) is 10.2 Å². The Kier molecular flexibility index (Phi) is 4.91. The average Bonchev–Trinajstić information content (AvgIpc) is 3.00. The highest BCUT2D eigenvalue weighted by Gasteiger charge is 2.45. The predicted molar refractivity (Wildman–Crippen MR) is 82.2 cm³/mol. The first-order valence-electron chi connectivity index (χ1n) is 8.12. The minimum absolute atomic E-state index is 0.177. The van der Waals surface area contributed by atoms with Crippen molar-refractivity contribution in [3.05, 3.63) is 0 Å². The lowest BCUT2D eigenvalue weighted by Gasteiger charge is -2.51. The quantitative estimate of drug-likeness (QED) is 0.661. The third kappa shape index (κ3) is 3.32. The van der Waals surface area contributed by atoms with E-state index in [2.05, 4.69) is 43.4 Å². The summed E-state index contributed by atoms with van der Waals surface area (Å²) < 4.78 is 0. The Morgan fingerprint density at radius 3 is 2.42 bits per heavy atom. The first-order chi connectivity index (χ1) is 8.99. The summed E-state index contributed by atoms with van der Waals surface area (Å²) in [4.78, 5) is 2.54. The Bertz CT molecular complexity index is 290. The lowest BCUT2D eigenvalue weighted by Crippen LogP contribution is -2.64. The van der Waals surface area contributed by atoms with Crippen LogP contribution in [0.4, 0.5) is 0 Å². The molecule has 112 valence electrons. The van der Waals surface area contributed by atoms with Crippen LogP contribution in [0.3, 0.4) is 0 Å². The van der Waals surface area contributed by atoms with E-state index in [1.54, 1.807) is 0 Å². The van der Waals surface area contributed by atoms with Crippen molar-refractivity contribution in [1.82, 2.24) is 15.5 Å². The summed E-state index contributed by atoms with van der Waals surface area (Å²) in [6.45, 7) is 9.37. The summed E-state index contributed by atoms with van der Waals surface area (Å²) in [5, 5.41) is 7.27. The van der Waals surface area contributed by atoms with Crippen molar-refractivity contribution in [2.24, 2.45) is 17.8 Å². The molecule has 4 atom stereocenters. The maximum absolute atomic E-state index is 3.99. The van der Waals surface area contributed by atoms with Crippen LogP contribution in [0.2, 0.25) is 0 Å². The molecular weight excluding hydrogens is 234 g/mol. The second-order valence-corrected chi connectivity index (χ2v) is 7.11. The smallest absolute Gasteiger partial charge is 0.0712 e. The number of hydrogen-bond donors (Lipinski definition) is 2. The van der Waals surface area contributed by atoms with Crippen LogP contribution in [0.25, 0.3) is 0 Å². The van der Waals surface area contributed by atoms with Gasteiger partial charge in [-0.05, 0) is 65.0 Å². The van der Waals surface area contributed by atoms with E-state index in [0.29, 0.717) is 6.04 Å². The van der Waals surface area contributed by atoms with Gasteiger partial charge in [0.1, 0.15) is 0 Å². The van der Waals surface area contributed by atoms with Gasteiger partial charge in [0.2, 0.25) is 0 Å². The Hall–Kier alpha value is -0.120. The molecule has 0 saturated heterocycles. The standard InChI is InChI=1S/C16H33N3/c1-12-11-15(12)13(2)18-16(3,14-7-6-8-14)19(5)10-9-17-4/h12-15,17-18H,6-11H2,1-5H3. The molecule has 0 aromatic carbocycles. The van der Waals surface area contributed by atoms with Crippen LogP contribution in [-0.2, 0) is 0 Å². The van der Waals surface area contributed by atoms with Crippen LogP contribution in [0.15, 0.2) is 0 Å². The average molecular weight is 267 g/mol. The van der Waals surface area contributed by atoms with E-state index in [4.69, 9.17) is 0 Å². The zero-order valence-electron chi connectivity index (χ0n) is 13.5. The van der Waals surface area contributed by atoms with Gasteiger partial charge in [-0.25, -0.2) is 0 Å². The van der Waals surface area contributed by atoms with Gasteiger partial charge in [-0.2, -0.15) is 0 Å². The topological polar surface area (TPSA) is 27.3 Å². The van der Waals surface area contributed by atoms with E-state index in [1.165, 1.54) is 25.7 Å². The van der Waals surface area contributed by atoms with Crippen LogP contribution in [0, 0.1) is 17.8 Å². The van der Waals surface area contributed by atoms with Gasteiger partial charge in [-0.1, -0.05) is 13.3 Å². The lowest BCUT2D eigenvalue weighted by molar-refractivity contribution is -0.00919. The molecule has 0 aliphatic heterocycles. The van der Waals surface area contributed by atoms with Gasteiger partial charge in [-0.15, -0.1) is 0 Å². The summed E-state index contributed by atoms with van der Waals surface area (Å²) in [6.07, 6.45) is 5.60. The highest BCUT2D eigenvalue weighted by molar-refractivity contribution is 4.99. The normalized spacial score (nSPS) is 31.9. The van der Waals surface area contributed by atoms with Crippen molar-refractivity contribution >= 4 is 0 Å². The van der Waals surface area contributed by atoms with Crippen molar-refractivity contribution in [3.63, 3.8) is 0 Å². The minimum atomic E-state index is 0.177. The Morgan fingerprint density at radius 1 is 1.37 bits per heavy atom. The van der Waals surface area contributed by atoms with Crippen molar-refractivity contribution < 1.29 is 0 Å². The summed E-state index contributed by atoms with van der Waals surface area (Å²) in [7, 11) is 4.32.